The van der Waals surface area contributed by atoms with E-state index in [1.54, 1.807) is 0 Å². The van der Waals surface area contributed by atoms with Gasteiger partial charge in [0, 0.05) is 11.5 Å². The minimum Gasteiger partial charge on any atom is -0.385 e. The normalized spacial score (nSPS) is 44.6. The van der Waals surface area contributed by atoms with E-state index in [-0.39, 0.29) is 0 Å². The predicted molar refractivity (Wildman–Crippen MR) is 69.0 cm³/mol. The van der Waals surface area contributed by atoms with Crippen molar-refractivity contribution in [1.82, 2.24) is 0 Å². The first kappa shape index (κ1) is 14.0. The van der Waals surface area contributed by atoms with Gasteiger partial charge in [0.15, 0.2) is 12.1 Å². The Morgan fingerprint density at radius 3 is 2.76 bits per heavy atom. The van der Waals surface area contributed by atoms with Crippen molar-refractivity contribution >= 4 is 22.6 Å². The van der Waals surface area contributed by atoms with Crippen molar-refractivity contribution < 1.29 is 24.1 Å². The van der Waals surface area contributed by atoms with Gasteiger partial charge in [-0.05, 0) is 20.3 Å². The highest BCUT2D eigenvalue weighted by Gasteiger charge is 2.60. The summed E-state index contributed by atoms with van der Waals surface area (Å²) >= 11 is 2.29. The maximum atomic E-state index is 10.2. The molecule has 0 aromatic heterocycles. The molecular weight excluding hydrogens is 339 g/mol. The smallest absolute Gasteiger partial charge is 0.185 e. The van der Waals surface area contributed by atoms with E-state index < -0.39 is 29.9 Å². The number of aliphatic hydroxyl groups excluding tert-OH is 1. The average molecular weight is 358 g/mol. The van der Waals surface area contributed by atoms with Gasteiger partial charge in [-0.15, -0.1) is 0 Å². The standard InChI is InChI=1S/C11H19IO5/c1-10(2)16-8-7(13)9(14-3)15-6-11(8,17-10)4-5-12/h7-9,13H,4-6H2,1-3H3. The summed E-state index contributed by atoms with van der Waals surface area (Å²) in [5.41, 5.74) is -0.556. The SMILES string of the molecule is COC1OCC2(CCI)OC(C)(C)OC2C1O. The fraction of sp³-hybridized carbons (Fsp3) is 1.00. The highest BCUT2D eigenvalue weighted by Crippen LogP contribution is 2.44. The van der Waals surface area contributed by atoms with Crippen LogP contribution in [0.2, 0.25) is 0 Å². The van der Waals surface area contributed by atoms with E-state index in [2.05, 4.69) is 22.6 Å². The Balaban J connectivity index is 2.23. The highest BCUT2D eigenvalue weighted by molar-refractivity contribution is 14.1. The molecule has 0 amide bonds. The van der Waals surface area contributed by atoms with Gasteiger partial charge in [-0.25, -0.2) is 0 Å². The number of ether oxygens (including phenoxy) is 4. The molecule has 2 aliphatic rings. The number of aliphatic hydroxyl groups is 1. The number of hydrogen-bond acceptors (Lipinski definition) is 5. The summed E-state index contributed by atoms with van der Waals surface area (Å²) in [6, 6.07) is 0. The molecule has 6 heteroatoms. The summed E-state index contributed by atoms with van der Waals surface area (Å²) in [6.07, 6.45) is -1.07. The van der Waals surface area contributed by atoms with Crippen LogP contribution in [0.4, 0.5) is 0 Å². The second-order valence-corrected chi connectivity index (χ2v) is 6.03. The third kappa shape index (κ3) is 2.48. The van der Waals surface area contributed by atoms with E-state index >= 15 is 0 Å². The van der Waals surface area contributed by atoms with Gasteiger partial charge >= 0.3 is 0 Å². The lowest BCUT2D eigenvalue weighted by Crippen LogP contribution is -2.60. The molecule has 4 atom stereocenters. The number of rotatable bonds is 3. The Kier molecular flexibility index (Phi) is 4.02. The topological polar surface area (TPSA) is 57.2 Å². The Bertz CT molecular complexity index is 285. The molecule has 2 rings (SSSR count). The van der Waals surface area contributed by atoms with Gasteiger partial charge in [-0.3, -0.25) is 0 Å². The van der Waals surface area contributed by atoms with Crippen LogP contribution in [-0.2, 0) is 18.9 Å². The molecular formula is C11H19IO5. The van der Waals surface area contributed by atoms with Crippen LogP contribution in [0.1, 0.15) is 20.3 Å². The lowest BCUT2D eigenvalue weighted by atomic mass is 9.88. The molecule has 5 nitrogen and oxygen atoms in total. The molecule has 17 heavy (non-hydrogen) atoms. The van der Waals surface area contributed by atoms with Crippen LogP contribution in [-0.4, -0.2) is 53.1 Å². The van der Waals surface area contributed by atoms with E-state index in [1.807, 2.05) is 13.8 Å². The van der Waals surface area contributed by atoms with Crippen LogP contribution in [0.3, 0.4) is 0 Å². The first-order valence-electron chi connectivity index (χ1n) is 5.70. The summed E-state index contributed by atoms with van der Waals surface area (Å²) in [7, 11) is 1.51. The molecule has 4 unspecified atom stereocenters. The monoisotopic (exact) mass is 358 g/mol. The van der Waals surface area contributed by atoms with Gasteiger partial charge in [-0.2, -0.15) is 0 Å². The Morgan fingerprint density at radius 2 is 2.18 bits per heavy atom. The highest BCUT2D eigenvalue weighted by atomic mass is 127. The van der Waals surface area contributed by atoms with Gasteiger partial charge in [-0.1, -0.05) is 22.6 Å². The third-order valence-electron chi connectivity index (χ3n) is 3.21. The van der Waals surface area contributed by atoms with Crippen molar-refractivity contribution in [3.8, 4) is 0 Å². The zero-order valence-electron chi connectivity index (χ0n) is 10.3. The van der Waals surface area contributed by atoms with Crippen LogP contribution in [0.5, 0.6) is 0 Å². The van der Waals surface area contributed by atoms with Crippen molar-refractivity contribution in [2.75, 3.05) is 18.1 Å². The maximum absolute atomic E-state index is 10.2. The van der Waals surface area contributed by atoms with Crippen LogP contribution in [0.25, 0.3) is 0 Å². The molecule has 0 bridgehead atoms. The predicted octanol–water partition coefficient (Wildman–Crippen LogP) is 1.07. The molecule has 2 heterocycles. The molecule has 0 aliphatic carbocycles. The van der Waals surface area contributed by atoms with Gasteiger partial charge in [0.05, 0.1) is 6.61 Å². The molecule has 2 fully saturated rings. The number of methoxy groups -OCH3 is 1. The first-order valence-corrected chi connectivity index (χ1v) is 7.23. The quantitative estimate of drug-likeness (QED) is 0.604. The molecule has 0 aromatic rings. The number of halogens is 1. The first-order chi connectivity index (χ1) is 7.94. The number of alkyl halides is 1. The molecule has 0 spiro atoms. The molecule has 100 valence electrons. The van der Waals surface area contributed by atoms with Crippen molar-refractivity contribution in [2.24, 2.45) is 0 Å². The second-order valence-electron chi connectivity index (χ2n) is 4.95. The summed E-state index contributed by atoms with van der Waals surface area (Å²) in [5, 5.41) is 10.2. The van der Waals surface area contributed by atoms with E-state index in [4.69, 9.17) is 18.9 Å². The number of hydrogen-bond donors (Lipinski definition) is 1. The lowest BCUT2D eigenvalue weighted by Gasteiger charge is -2.42. The van der Waals surface area contributed by atoms with Crippen LogP contribution in [0, 0.1) is 0 Å². The lowest BCUT2D eigenvalue weighted by molar-refractivity contribution is -0.265. The van der Waals surface area contributed by atoms with Gasteiger partial charge < -0.3 is 24.1 Å². The minimum absolute atomic E-state index is 0.389. The van der Waals surface area contributed by atoms with Crippen molar-refractivity contribution in [2.45, 2.75) is 50.2 Å². The van der Waals surface area contributed by atoms with Crippen LogP contribution in [0.15, 0.2) is 0 Å². The average Bonchev–Trinajstić information content (AvgIpc) is 2.51. The largest absolute Gasteiger partial charge is 0.385 e. The van der Waals surface area contributed by atoms with E-state index in [1.165, 1.54) is 7.11 Å². The number of fused-ring (bicyclic) bond motifs is 1. The molecule has 0 saturated carbocycles. The molecule has 2 aliphatic heterocycles. The van der Waals surface area contributed by atoms with Gasteiger partial charge in [0.1, 0.15) is 17.8 Å². The summed E-state index contributed by atoms with van der Waals surface area (Å²) < 4.78 is 23.3. The molecule has 0 aromatic carbocycles. The molecule has 0 radical (unpaired) electrons. The van der Waals surface area contributed by atoms with E-state index in [9.17, 15) is 5.11 Å². The maximum Gasteiger partial charge on any atom is 0.185 e. The zero-order valence-corrected chi connectivity index (χ0v) is 12.5. The Labute approximate surface area is 115 Å². The van der Waals surface area contributed by atoms with Crippen molar-refractivity contribution in [3.63, 3.8) is 0 Å². The van der Waals surface area contributed by atoms with Gasteiger partial charge in [0.2, 0.25) is 0 Å². The second kappa shape index (κ2) is 4.90. The Hall–Kier alpha value is 0.530. The summed E-state index contributed by atoms with van der Waals surface area (Å²) in [6.45, 7) is 4.10. The van der Waals surface area contributed by atoms with Crippen LogP contribution < -0.4 is 0 Å². The summed E-state index contributed by atoms with van der Waals surface area (Å²) in [4.78, 5) is 0. The molecule has 2 saturated heterocycles. The van der Waals surface area contributed by atoms with E-state index in [0.717, 1.165) is 10.8 Å². The Morgan fingerprint density at radius 1 is 1.47 bits per heavy atom. The summed E-state index contributed by atoms with van der Waals surface area (Å²) in [5.74, 6) is -0.691. The van der Waals surface area contributed by atoms with Crippen molar-refractivity contribution in [3.05, 3.63) is 0 Å². The fourth-order valence-electron chi connectivity index (χ4n) is 2.57. The third-order valence-corrected chi connectivity index (χ3v) is 3.75. The van der Waals surface area contributed by atoms with E-state index in [0.29, 0.717) is 6.61 Å². The zero-order chi connectivity index (χ0) is 12.7. The van der Waals surface area contributed by atoms with Crippen molar-refractivity contribution in [1.29, 1.82) is 0 Å². The fourth-order valence-corrected chi connectivity index (χ4v) is 3.49. The van der Waals surface area contributed by atoms with Crippen LogP contribution >= 0.6 is 22.6 Å². The minimum atomic E-state index is -0.821. The van der Waals surface area contributed by atoms with Gasteiger partial charge in [0.25, 0.3) is 0 Å². The molecule has 1 N–H and O–H groups in total.